The van der Waals surface area contributed by atoms with Gasteiger partial charge in [0.15, 0.2) is 0 Å². The summed E-state index contributed by atoms with van der Waals surface area (Å²) in [4.78, 5) is 14.0. The normalized spacial score (nSPS) is 10.9. The molecule has 1 amide bonds. The lowest BCUT2D eigenvalue weighted by molar-refractivity contribution is -0.116. The second kappa shape index (κ2) is 9.09. The number of carbonyl (C=O) groups excluding carboxylic acids is 1. The molecule has 0 aliphatic heterocycles. The summed E-state index contributed by atoms with van der Waals surface area (Å²) in [5.74, 6) is -0.198. The van der Waals surface area contributed by atoms with Crippen LogP contribution >= 0.6 is 35.0 Å². The van der Waals surface area contributed by atoms with Gasteiger partial charge in [0.2, 0.25) is 5.91 Å². The average molecular weight is 415 g/mol. The van der Waals surface area contributed by atoms with Crippen LogP contribution in [-0.2, 0) is 4.79 Å². The monoisotopic (exact) mass is 414 g/mol. The van der Waals surface area contributed by atoms with Gasteiger partial charge in [-0.25, -0.2) is 5.01 Å². The first-order valence-electron chi connectivity index (χ1n) is 8.15. The Labute approximate surface area is 172 Å². The summed E-state index contributed by atoms with van der Waals surface area (Å²) in [6.45, 7) is 1.46. The Hall–Kier alpha value is -2.27. The third-order valence-corrected chi connectivity index (χ3v) is 5.38. The van der Waals surface area contributed by atoms with Gasteiger partial charge in [0.1, 0.15) is 0 Å². The molecule has 3 aromatic rings. The number of hydrazone groups is 1. The number of rotatable bonds is 5. The maximum Gasteiger partial charge on any atom is 0.244 e. The highest BCUT2D eigenvalue weighted by Crippen LogP contribution is 2.36. The van der Waals surface area contributed by atoms with E-state index in [4.69, 9.17) is 23.2 Å². The Morgan fingerprint density at radius 3 is 2.33 bits per heavy atom. The minimum atomic E-state index is -0.198. The smallest absolute Gasteiger partial charge is 0.244 e. The average Bonchev–Trinajstić information content (AvgIpc) is 2.66. The number of benzene rings is 3. The highest BCUT2D eigenvalue weighted by molar-refractivity contribution is 7.99. The zero-order valence-electron chi connectivity index (χ0n) is 14.5. The molecule has 27 heavy (non-hydrogen) atoms. The first-order valence-corrected chi connectivity index (χ1v) is 9.73. The van der Waals surface area contributed by atoms with E-state index in [0.717, 1.165) is 15.4 Å². The Morgan fingerprint density at radius 1 is 1.00 bits per heavy atom. The zero-order valence-corrected chi connectivity index (χ0v) is 16.8. The van der Waals surface area contributed by atoms with Gasteiger partial charge in [0.05, 0.1) is 16.9 Å². The van der Waals surface area contributed by atoms with Crippen molar-refractivity contribution in [1.82, 2.24) is 0 Å². The third kappa shape index (κ3) is 5.36. The van der Waals surface area contributed by atoms with E-state index in [1.54, 1.807) is 12.3 Å². The fourth-order valence-electron chi connectivity index (χ4n) is 2.33. The lowest BCUT2D eigenvalue weighted by atomic mass is 10.2. The molecule has 0 atom stereocenters. The molecular formula is C21H16Cl2N2OS. The van der Waals surface area contributed by atoms with Crippen molar-refractivity contribution in [2.24, 2.45) is 5.10 Å². The molecule has 0 aliphatic rings. The van der Waals surface area contributed by atoms with Crippen molar-refractivity contribution in [2.45, 2.75) is 16.7 Å². The predicted molar refractivity (Wildman–Crippen MR) is 114 cm³/mol. The van der Waals surface area contributed by atoms with Crippen LogP contribution in [0, 0.1) is 0 Å². The van der Waals surface area contributed by atoms with Gasteiger partial charge in [-0.15, -0.1) is 0 Å². The maximum absolute atomic E-state index is 12.0. The lowest BCUT2D eigenvalue weighted by Crippen LogP contribution is -2.22. The van der Waals surface area contributed by atoms with Gasteiger partial charge in [-0.3, -0.25) is 4.79 Å². The second-order valence-corrected chi connectivity index (χ2v) is 7.62. The summed E-state index contributed by atoms with van der Waals surface area (Å²) in [6.07, 6.45) is 1.64. The van der Waals surface area contributed by atoms with Crippen LogP contribution in [0.3, 0.4) is 0 Å². The Bertz CT molecular complexity index is 960. The number of hydrogen-bond donors (Lipinski definition) is 0. The summed E-state index contributed by atoms with van der Waals surface area (Å²) in [5.41, 5.74) is 1.52. The van der Waals surface area contributed by atoms with E-state index in [2.05, 4.69) is 5.10 Å². The Kier molecular flexibility index (Phi) is 6.56. The van der Waals surface area contributed by atoms with Crippen LogP contribution in [0.2, 0.25) is 10.0 Å². The van der Waals surface area contributed by atoms with Crippen LogP contribution in [0.5, 0.6) is 0 Å². The van der Waals surface area contributed by atoms with E-state index in [-0.39, 0.29) is 5.91 Å². The molecule has 0 unspecified atom stereocenters. The molecule has 0 saturated heterocycles. The van der Waals surface area contributed by atoms with E-state index >= 15 is 0 Å². The minimum absolute atomic E-state index is 0.198. The molecule has 0 bridgehead atoms. The molecule has 0 fully saturated rings. The maximum atomic E-state index is 12.0. The first-order chi connectivity index (χ1) is 13.0. The number of halogens is 2. The molecule has 0 aromatic heterocycles. The highest BCUT2D eigenvalue weighted by Gasteiger charge is 2.13. The van der Waals surface area contributed by atoms with Gasteiger partial charge < -0.3 is 0 Å². The Balaban J connectivity index is 1.82. The van der Waals surface area contributed by atoms with Crippen LogP contribution in [0.25, 0.3) is 0 Å². The van der Waals surface area contributed by atoms with Crippen molar-refractivity contribution >= 4 is 52.8 Å². The second-order valence-electron chi connectivity index (χ2n) is 5.66. The van der Waals surface area contributed by atoms with Gasteiger partial charge in [-0.2, -0.15) is 5.10 Å². The molecule has 0 N–H and O–H groups in total. The van der Waals surface area contributed by atoms with E-state index < -0.39 is 0 Å². The quantitative estimate of drug-likeness (QED) is 0.351. The molecule has 6 heteroatoms. The number of amides is 1. The van der Waals surface area contributed by atoms with Crippen molar-refractivity contribution in [2.75, 3.05) is 5.01 Å². The summed E-state index contributed by atoms with van der Waals surface area (Å²) >= 11 is 13.9. The molecule has 136 valence electrons. The summed E-state index contributed by atoms with van der Waals surface area (Å²) in [7, 11) is 0. The standard InChI is InChI=1S/C21H16Cl2N2OS/c1-15(26)25(24-14-16-5-3-2-4-6-16)18-9-12-21(20(23)13-18)27-19-10-7-17(22)8-11-19/h2-14H,1H3. The van der Waals surface area contributed by atoms with Crippen molar-refractivity contribution in [1.29, 1.82) is 0 Å². The minimum Gasteiger partial charge on any atom is -0.273 e. The summed E-state index contributed by atoms with van der Waals surface area (Å²) in [6, 6.07) is 22.6. The lowest BCUT2D eigenvalue weighted by Gasteiger charge is -2.16. The topological polar surface area (TPSA) is 32.7 Å². The number of carbonyl (C=O) groups is 1. The van der Waals surface area contributed by atoms with E-state index in [1.807, 2.05) is 66.7 Å². The molecule has 0 saturated carbocycles. The molecule has 0 radical (unpaired) electrons. The van der Waals surface area contributed by atoms with Crippen LogP contribution in [0.1, 0.15) is 12.5 Å². The van der Waals surface area contributed by atoms with Crippen molar-refractivity contribution in [3.8, 4) is 0 Å². The van der Waals surface area contributed by atoms with Gasteiger partial charge in [0.25, 0.3) is 0 Å². The van der Waals surface area contributed by atoms with Crippen molar-refractivity contribution < 1.29 is 4.79 Å². The SMILES string of the molecule is CC(=O)N(N=Cc1ccccc1)c1ccc(Sc2ccc(Cl)cc2)c(Cl)c1. The molecular weight excluding hydrogens is 399 g/mol. The van der Waals surface area contributed by atoms with Gasteiger partial charge in [-0.05, 0) is 48.0 Å². The summed E-state index contributed by atoms with van der Waals surface area (Å²) in [5, 5.41) is 6.87. The number of nitrogens with zero attached hydrogens (tertiary/aromatic N) is 2. The third-order valence-electron chi connectivity index (χ3n) is 3.62. The van der Waals surface area contributed by atoms with Crippen LogP contribution < -0.4 is 5.01 Å². The summed E-state index contributed by atoms with van der Waals surface area (Å²) < 4.78 is 0. The van der Waals surface area contributed by atoms with Crippen LogP contribution in [0.4, 0.5) is 5.69 Å². The van der Waals surface area contributed by atoms with Crippen molar-refractivity contribution in [3.05, 3.63) is 88.4 Å². The van der Waals surface area contributed by atoms with Gasteiger partial charge >= 0.3 is 0 Å². The molecule has 0 heterocycles. The molecule has 0 spiro atoms. The number of anilines is 1. The van der Waals surface area contributed by atoms with Gasteiger partial charge in [-0.1, -0.05) is 65.3 Å². The first kappa shape index (κ1) is 19.5. The number of hydrogen-bond acceptors (Lipinski definition) is 3. The predicted octanol–water partition coefficient (Wildman–Crippen LogP) is 6.53. The molecule has 3 aromatic carbocycles. The zero-order chi connectivity index (χ0) is 19.2. The van der Waals surface area contributed by atoms with E-state index in [1.165, 1.54) is 23.7 Å². The molecule has 3 nitrogen and oxygen atoms in total. The fourth-order valence-corrected chi connectivity index (χ4v) is 3.56. The van der Waals surface area contributed by atoms with Crippen LogP contribution in [-0.4, -0.2) is 12.1 Å². The molecule has 0 aliphatic carbocycles. The van der Waals surface area contributed by atoms with Crippen LogP contribution in [0.15, 0.2) is 87.7 Å². The van der Waals surface area contributed by atoms with Gasteiger partial charge in [0, 0.05) is 21.7 Å². The highest BCUT2D eigenvalue weighted by atomic mass is 35.5. The van der Waals surface area contributed by atoms with E-state index in [0.29, 0.717) is 15.7 Å². The largest absolute Gasteiger partial charge is 0.273 e. The Morgan fingerprint density at radius 2 is 1.70 bits per heavy atom. The fraction of sp³-hybridized carbons (Fsp3) is 0.0476. The molecule has 3 rings (SSSR count). The van der Waals surface area contributed by atoms with Crippen molar-refractivity contribution in [3.63, 3.8) is 0 Å². The van der Waals surface area contributed by atoms with E-state index in [9.17, 15) is 4.79 Å².